The number of piperidine rings is 1. The van der Waals surface area contributed by atoms with Crippen LogP contribution in [0.3, 0.4) is 0 Å². The molecular formula is C31H36FN5O3. The van der Waals surface area contributed by atoms with Gasteiger partial charge in [0, 0.05) is 43.9 Å². The fourth-order valence-corrected chi connectivity index (χ4v) is 6.63. The lowest BCUT2D eigenvalue weighted by Gasteiger charge is -2.37. The molecule has 4 aromatic rings. The number of anilines is 1. The molecular weight excluding hydrogens is 509 g/mol. The number of methoxy groups -OCH3 is 2. The number of aryl methyl sites for hydroxylation is 2. The van der Waals surface area contributed by atoms with E-state index >= 15 is 0 Å². The Bertz CT molecular complexity index is 1530. The van der Waals surface area contributed by atoms with Gasteiger partial charge in [0.2, 0.25) is 5.91 Å². The Balaban J connectivity index is 1.49. The van der Waals surface area contributed by atoms with Crippen molar-refractivity contribution >= 4 is 22.6 Å². The lowest BCUT2D eigenvalue weighted by Crippen LogP contribution is -2.40. The Morgan fingerprint density at radius 2 is 1.82 bits per heavy atom. The Labute approximate surface area is 233 Å². The monoisotopic (exact) mass is 545 g/mol. The van der Waals surface area contributed by atoms with Gasteiger partial charge in [0.25, 0.3) is 0 Å². The van der Waals surface area contributed by atoms with Gasteiger partial charge < -0.3 is 23.5 Å². The standard InChI is InChI=1S/C31H36FN5O3/c1-19-30(35(2)18-33-19)20-8-14-26-25(16-20)34-31(37(26)21-9-12-23(39-3)13-10-21)27-6-5-7-29(38)36(27)22-11-15-28(40-4)24(32)17-22/h8,11,14-18,21,23,27H,5-7,9-10,12-13H2,1-4H3/t21-,23-,27-/m0/s1. The minimum absolute atomic E-state index is 0.0197. The zero-order chi connectivity index (χ0) is 28.0. The number of rotatable bonds is 6. The van der Waals surface area contributed by atoms with Crippen LogP contribution in [0.4, 0.5) is 10.1 Å². The molecule has 40 heavy (non-hydrogen) atoms. The minimum atomic E-state index is -0.486. The molecule has 2 fully saturated rings. The van der Waals surface area contributed by atoms with Crippen LogP contribution in [0.25, 0.3) is 22.3 Å². The summed E-state index contributed by atoms with van der Waals surface area (Å²) in [4.78, 5) is 24.9. The van der Waals surface area contributed by atoms with Crippen molar-refractivity contribution in [3.63, 3.8) is 0 Å². The van der Waals surface area contributed by atoms with E-state index < -0.39 is 5.82 Å². The van der Waals surface area contributed by atoms with Crippen molar-refractivity contribution in [1.29, 1.82) is 0 Å². The summed E-state index contributed by atoms with van der Waals surface area (Å²) >= 11 is 0. The summed E-state index contributed by atoms with van der Waals surface area (Å²) in [6, 6.07) is 11.1. The van der Waals surface area contributed by atoms with Crippen molar-refractivity contribution < 1.29 is 18.7 Å². The molecule has 0 radical (unpaired) electrons. The molecule has 2 aromatic heterocycles. The maximum Gasteiger partial charge on any atom is 0.227 e. The summed E-state index contributed by atoms with van der Waals surface area (Å²) in [5.41, 5.74) is 5.55. The van der Waals surface area contributed by atoms with E-state index in [1.54, 1.807) is 24.1 Å². The number of hydrogen-bond donors (Lipinski definition) is 0. The number of carbonyl (C=O) groups excluding carboxylic acids is 1. The number of ether oxygens (including phenoxy) is 2. The molecule has 1 saturated carbocycles. The number of halogens is 1. The van der Waals surface area contributed by atoms with Crippen LogP contribution in [0.5, 0.6) is 5.75 Å². The van der Waals surface area contributed by atoms with Crippen LogP contribution in [-0.2, 0) is 16.6 Å². The first-order valence-electron chi connectivity index (χ1n) is 14.1. The molecule has 2 aromatic carbocycles. The Hall–Kier alpha value is -3.72. The highest BCUT2D eigenvalue weighted by atomic mass is 19.1. The Morgan fingerprint density at radius 1 is 1.02 bits per heavy atom. The van der Waals surface area contributed by atoms with Gasteiger partial charge in [-0.2, -0.15) is 0 Å². The molecule has 1 atom stereocenters. The summed E-state index contributed by atoms with van der Waals surface area (Å²) in [5.74, 6) is 0.511. The van der Waals surface area contributed by atoms with E-state index in [9.17, 15) is 9.18 Å². The highest BCUT2D eigenvalue weighted by Crippen LogP contribution is 2.42. The molecule has 0 bridgehead atoms. The van der Waals surface area contributed by atoms with E-state index in [0.717, 1.165) is 72.3 Å². The van der Waals surface area contributed by atoms with Gasteiger partial charge in [0.1, 0.15) is 5.82 Å². The molecule has 0 unspecified atom stereocenters. The van der Waals surface area contributed by atoms with E-state index in [-0.39, 0.29) is 29.8 Å². The third-order valence-corrected chi connectivity index (χ3v) is 8.61. The molecule has 1 saturated heterocycles. The van der Waals surface area contributed by atoms with Crippen LogP contribution in [-0.4, -0.2) is 45.3 Å². The van der Waals surface area contributed by atoms with Crippen LogP contribution < -0.4 is 9.64 Å². The second-order valence-corrected chi connectivity index (χ2v) is 11.0. The maximum absolute atomic E-state index is 14.8. The number of carbonyl (C=O) groups is 1. The summed E-state index contributed by atoms with van der Waals surface area (Å²) in [5, 5.41) is 0. The molecule has 2 aliphatic rings. The molecule has 3 heterocycles. The summed E-state index contributed by atoms with van der Waals surface area (Å²) in [6.07, 6.45) is 7.92. The second kappa shape index (κ2) is 10.7. The van der Waals surface area contributed by atoms with Crippen LogP contribution in [0.1, 0.15) is 68.5 Å². The topological polar surface area (TPSA) is 74.4 Å². The molecule has 9 heteroatoms. The predicted molar refractivity (Wildman–Crippen MR) is 152 cm³/mol. The van der Waals surface area contributed by atoms with Crippen LogP contribution in [0, 0.1) is 12.7 Å². The molecule has 6 rings (SSSR count). The quantitative estimate of drug-likeness (QED) is 0.285. The van der Waals surface area contributed by atoms with Gasteiger partial charge in [-0.25, -0.2) is 14.4 Å². The lowest BCUT2D eigenvalue weighted by atomic mass is 9.91. The second-order valence-electron chi connectivity index (χ2n) is 11.0. The molecule has 1 aliphatic heterocycles. The van der Waals surface area contributed by atoms with E-state index in [0.29, 0.717) is 12.1 Å². The van der Waals surface area contributed by atoms with Gasteiger partial charge in [0.15, 0.2) is 11.6 Å². The van der Waals surface area contributed by atoms with E-state index in [4.69, 9.17) is 14.5 Å². The first-order chi connectivity index (χ1) is 19.4. The average Bonchev–Trinajstić information content (AvgIpc) is 3.51. The molecule has 1 amide bonds. The van der Waals surface area contributed by atoms with Crippen molar-refractivity contribution in [3.05, 3.63) is 60.1 Å². The number of benzene rings is 2. The smallest absolute Gasteiger partial charge is 0.227 e. The summed E-state index contributed by atoms with van der Waals surface area (Å²) in [6.45, 7) is 2.01. The zero-order valence-corrected chi connectivity index (χ0v) is 23.6. The van der Waals surface area contributed by atoms with Gasteiger partial charge in [-0.05, 0) is 69.7 Å². The van der Waals surface area contributed by atoms with Crippen molar-refractivity contribution in [1.82, 2.24) is 19.1 Å². The number of hydrogen-bond acceptors (Lipinski definition) is 5. The number of imidazole rings is 2. The molecule has 0 spiro atoms. The number of aromatic nitrogens is 4. The average molecular weight is 546 g/mol. The molecule has 1 aliphatic carbocycles. The lowest BCUT2D eigenvalue weighted by molar-refractivity contribution is -0.120. The SMILES string of the molecule is COc1ccc(N2C(=O)CCC[C@H]2c2nc3cc(-c4c(C)ncn4C)ccc3n2[C@H]2CC[C@H](OC)CC2)cc1F. The van der Waals surface area contributed by atoms with Crippen LogP contribution in [0.2, 0.25) is 0 Å². The van der Waals surface area contributed by atoms with Crippen LogP contribution >= 0.6 is 0 Å². The van der Waals surface area contributed by atoms with Gasteiger partial charge >= 0.3 is 0 Å². The highest BCUT2D eigenvalue weighted by molar-refractivity contribution is 5.95. The normalized spacial score (nSPS) is 21.8. The minimum Gasteiger partial charge on any atom is -0.494 e. The third-order valence-electron chi connectivity index (χ3n) is 8.61. The van der Waals surface area contributed by atoms with Crippen molar-refractivity contribution in [3.8, 4) is 17.0 Å². The van der Waals surface area contributed by atoms with Crippen molar-refractivity contribution in [2.45, 2.75) is 70.1 Å². The fraction of sp³-hybridized carbons (Fsp3) is 0.452. The van der Waals surface area contributed by atoms with Gasteiger partial charge in [-0.3, -0.25) is 4.79 Å². The summed E-state index contributed by atoms with van der Waals surface area (Å²) in [7, 11) is 5.22. The van der Waals surface area contributed by atoms with Crippen molar-refractivity contribution in [2.75, 3.05) is 19.1 Å². The Kier molecular flexibility index (Phi) is 7.08. The van der Waals surface area contributed by atoms with E-state index in [2.05, 4.69) is 27.8 Å². The van der Waals surface area contributed by atoms with Gasteiger partial charge in [-0.1, -0.05) is 6.07 Å². The first-order valence-corrected chi connectivity index (χ1v) is 14.1. The summed E-state index contributed by atoms with van der Waals surface area (Å²) < 4.78 is 30.0. The maximum atomic E-state index is 14.8. The number of fused-ring (bicyclic) bond motifs is 1. The Morgan fingerprint density at radius 3 is 2.50 bits per heavy atom. The zero-order valence-electron chi connectivity index (χ0n) is 23.6. The largest absolute Gasteiger partial charge is 0.494 e. The van der Waals surface area contributed by atoms with E-state index in [1.165, 1.54) is 13.2 Å². The fourth-order valence-electron chi connectivity index (χ4n) is 6.63. The molecule has 210 valence electrons. The van der Waals surface area contributed by atoms with Gasteiger partial charge in [-0.15, -0.1) is 0 Å². The van der Waals surface area contributed by atoms with Crippen molar-refractivity contribution in [2.24, 2.45) is 7.05 Å². The predicted octanol–water partition coefficient (Wildman–Crippen LogP) is 6.28. The third kappa shape index (κ3) is 4.56. The molecule has 0 N–H and O–H groups in total. The van der Waals surface area contributed by atoms with Gasteiger partial charge in [0.05, 0.1) is 48.0 Å². The first kappa shape index (κ1) is 26.5. The molecule has 8 nitrogen and oxygen atoms in total. The number of amides is 1. The van der Waals surface area contributed by atoms with E-state index in [1.807, 2.05) is 24.9 Å². The highest BCUT2D eigenvalue weighted by Gasteiger charge is 2.36. The van der Waals surface area contributed by atoms with Crippen LogP contribution in [0.15, 0.2) is 42.7 Å². The number of nitrogens with zero attached hydrogens (tertiary/aromatic N) is 5.